The topological polar surface area (TPSA) is 79.2 Å². The predicted molar refractivity (Wildman–Crippen MR) is 84.7 cm³/mol. The molecule has 0 radical (unpaired) electrons. The summed E-state index contributed by atoms with van der Waals surface area (Å²) in [6.07, 6.45) is 4.70. The van der Waals surface area contributed by atoms with Gasteiger partial charge in [0.1, 0.15) is 0 Å². The lowest BCUT2D eigenvalue weighted by atomic mass is 9.93. The molecule has 7 heteroatoms. The minimum absolute atomic E-state index is 0.000437. The van der Waals surface area contributed by atoms with E-state index in [0.717, 1.165) is 35.4 Å². The van der Waals surface area contributed by atoms with Gasteiger partial charge in [0.15, 0.2) is 0 Å². The Morgan fingerprint density at radius 2 is 2.45 bits per heavy atom. The van der Waals surface area contributed by atoms with Crippen LogP contribution < -0.4 is 10.6 Å². The first-order chi connectivity index (χ1) is 10.8. The van der Waals surface area contributed by atoms with Crippen molar-refractivity contribution in [2.45, 2.75) is 38.4 Å². The predicted octanol–water partition coefficient (Wildman–Crippen LogP) is 1.81. The highest BCUT2D eigenvalue weighted by atomic mass is 32.1. The lowest BCUT2D eigenvalue weighted by molar-refractivity contribution is 0.235. The average Bonchev–Trinajstić information content (AvgIpc) is 3.16. The number of aliphatic hydroxyl groups excluding tert-OH is 1. The van der Waals surface area contributed by atoms with Gasteiger partial charge < -0.3 is 15.7 Å². The molecule has 2 aromatic rings. The second kappa shape index (κ2) is 6.93. The average molecular weight is 320 g/mol. The molecule has 0 fully saturated rings. The smallest absolute Gasteiger partial charge is 0.315 e. The molecule has 1 atom stereocenters. The van der Waals surface area contributed by atoms with E-state index in [1.54, 1.807) is 11.3 Å². The fraction of sp³-hybridized carbons (Fsp3) is 0.467. The Balaban J connectivity index is 1.60. The van der Waals surface area contributed by atoms with Crippen molar-refractivity contribution in [1.82, 2.24) is 20.4 Å². The van der Waals surface area contributed by atoms with Gasteiger partial charge in [-0.25, -0.2) is 4.79 Å². The molecule has 3 N–H and O–H groups in total. The summed E-state index contributed by atoms with van der Waals surface area (Å²) in [5.74, 6) is 0. The first-order valence-electron chi connectivity index (χ1n) is 7.50. The van der Waals surface area contributed by atoms with Crippen molar-refractivity contribution >= 4 is 17.4 Å². The van der Waals surface area contributed by atoms with E-state index in [9.17, 15) is 4.79 Å². The maximum Gasteiger partial charge on any atom is 0.315 e. The Morgan fingerprint density at radius 1 is 1.55 bits per heavy atom. The fourth-order valence-electron chi connectivity index (χ4n) is 2.85. The minimum atomic E-state index is -0.152. The molecule has 1 aliphatic rings. The van der Waals surface area contributed by atoms with Crippen LogP contribution >= 0.6 is 11.3 Å². The zero-order valence-electron chi connectivity index (χ0n) is 12.3. The van der Waals surface area contributed by atoms with Crippen molar-refractivity contribution < 1.29 is 9.90 Å². The molecule has 1 unspecified atom stereocenters. The molecule has 2 amide bonds. The first-order valence-corrected chi connectivity index (χ1v) is 8.38. The molecular formula is C15H20N4O2S. The number of carbonyl (C=O) groups is 1. The van der Waals surface area contributed by atoms with Gasteiger partial charge in [-0.3, -0.25) is 4.68 Å². The Bertz CT molecular complexity index is 624. The number of amides is 2. The second-order valence-electron chi connectivity index (χ2n) is 5.34. The molecule has 6 nitrogen and oxygen atoms in total. The first kappa shape index (κ1) is 15.1. The Morgan fingerprint density at radius 3 is 3.23 bits per heavy atom. The number of hydrogen-bond donors (Lipinski definition) is 3. The van der Waals surface area contributed by atoms with Gasteiger partial charge in [0, 0.05) is 16.1 Å². The third kappa shape index (κ3) is 3.31. The third-order valence-electron chi connectivity index (χ3n) is 3.88. The SMILES string of the molecule is O=C(NCc1cccs1)NC1CCCc2c1cnn2CCO. The van der Waals surface area contributed by atoms with Crippen molar-refractivity contribution in [2.75, 3.05) is 6.61 Å². The van der Waals surface area contributed by atoms with E-state index < -0.39 is 0 Å². The summed E-state index contributed by atoms with van der Waals surface area (Å²) >= 11 is 1.63. The highest BCUT2D eigenvalue weighted by Crippen LogP contribution is 2.29. The van der Waals surface area contributed by atoms with Crippen LogP contribution in [0.2, 0.25) is 0 Å². The van der Waals surface area contributed by atoms with Gasteiger partial charge in [0.2, 0.25) is 0 Å². The molecule has 0 spiro atoms. The Kier molecular flexibility index (Phi) is 4.74. The summed E-state index contributed by atoms with van der Waals surface area (Å²) in [7, 11) is 0. The molecule has 2 heterocycles. The standard InChI is InChI=1S/C15H20N4O2S/c20-7-6-19-14-5-1-4-13(12(14)10-17-19)18-15(21)16-9-11-3-2-8-22-11/h2-3,8,10,13,20H,1,4-7,9H2,(H2,16,18,21). The quantitative estimate of drug-likeness (QED) is 0.786. The number of carbonyl (C=O) groups excluding carboxylic acids is 1. The lowest BCUT2D eigenvalue weighted by Crippen LogP contribution is -2.38. The van der Waals surface area contributed by atoms with Gasteiger partial charge in [-0.1, -0.05) is 6.07 Å². The fourth-order valence-corrected chi connectivity index (χ4v) is 3.49. The van der Waals surface area contributed by atoms with Crippen LogP contribution in [0.3, 0.4) is 0 Å². The largest absolute Gasteiger partial charge is 0.394 e. The molecule has 2 aromatic heterocycles. The maximum atomic E-state index is 12.1. The van der Waals surface area contributed by atoms with Crippen LogP contribution in [0.15, 0.2) is 23.7 Å². The van der Waals surface area contributed by atoms with Gasteiger partial charge >= 0.3 is 6.03 Å². The van der Waals surface area contributed by atoms with Crippen LogP contribution in [0.25, 0.3) is 0 Å². The number of nitrogens with one attached hydrogen (secondary N) is 2. The normalized spacial score (nSPS) is 17.0. The number of nitrogens with zero attached hydrogens (tertiary/aromatic N) is 2. The van der Waals surface area contributed by atoms with Crippen molar-refractivity contribution in [2.24, 2.45) is 0 Å². The lowest BCUT2D eigenvalue weighted by Gasteiger charge is -2.24. The van der Waals surface area contributed by atoms with E-state index in [1.807, 2.05) is 28.4 Å². The number of urea groups is 1. The van der Waals surface area contributed by atoms with Crippen molar-refractivity contribution in [3.05, 3.63) is 39.8 Å². The molecule has 0 saturated carbocycles. The zero-order valence-corrected chi connectivity index (χ0v) is 13.1. The van der Waals surface area contributed by atoms with Crippen LogP contribution in [0, 0.1) is 0 Å². The molecule has 0 aliphatic heterocycles. The number of hydrogen-bond acceptors (Lipinski definition) is 4. The van der Waals surface area contributed by atoms with Crippen LogP contribution in [-0.2, 0) is 19.5 Å². The van der Waals surface area contributed by atoms with Crippen LogP contribution in [-0.4, -0.2) is 27.5 Å². The number of rotatable bonds is 5. The molecule has 118 valence electrons. The Labute approximate surface area is 133 Å². The molecule has 0 aromatic carbocycles. The highest BCUT2D eigenvalue weighted by Gasteiger charge is 2.25. The van der Waals surface area contributed by atoms with E-state index in [-0.39, 0.29) is 18.7 Å². The van der Waals surface area contributed by atoms with Gasteiger partial charge in [0.25, 0.3) is 0 Å². The third-order valence-corrected chi connectivity index (χ3v) is 4.76. The van der Waals surface area contributed by atoms with E-state index in [2.05, 4.69) is 15.7 Å². The van der Waals surface area contributed by atoms with Gasteiger partial charge in [-0.2, -0.15) is 5.10 Å². The van der Waals surface area contributed by atoms with Crippen molar-refractivity contribution in [3.63, 3.8) is 0 Å². The van der Waals surface area contributed by atoms with E-state index in [1.165, 1.54) is 0 Å². The van der Waals surface area contributed by atoms with Crippen LogP contribution in [0.4, 0.5) is 4.79 Å². The molecule has 3 rings (SSSR count). The highest BCUT2D eigenvalue weighted by molar-refractivity contribution is 7.09. The maximum absolute atomic E-state index is 12.1. The minimum Gasteiger partial charge on any atom is -0.394 e. The summed E-state index contributed by atoms with van der Waals surface area (Å²) in [5.41, 5.74) is 2.20. The summed E-state index contributed by atoms with van der Waals surface area (Å²) in [6, 6.07) is 3.83. The number of aliphatic hydroxyl groups is 1. The van der Waals surface area contributed by atoms with Crippen LogP contribution in [0.1, 0.15) is 35.0 Å². The van der Waals surface area contributed by atoms with E-state index >= 15 is 0 Å². The van der Waals surface area contributed by atoms with Crippen molar-refractivity contribution in [3.8, 4) is 0 Å². The number of thiophene rings is 1. The van der Waals surface area contributed by atoms with E-state index in [0.29, 0.717) is 13.1 Å². The second-order valence-corrected chi connectivity index (χ2v) is 6.38. The monoisotopic (exact) mass is 320 g/mol. The van der Waals surface area contributed by atoms with Gasteiger partial charge in [0.05, 0.1) is 31.9 Å². The number of aromatic nitrogens is 2. The van der Waals surface area contributed by atoms with Gasteiger partial charge in [-0.05, 0) is 30.7 Å². The molecule has 22 heavy (non-hydrogen) atoms. The summed E-state index contributed by atoms with van der Waals surface area (Å²) < 4.78 is 1.84. The molecular weight excluding hydrogens is 300 g/mol. The summed E-state index contributed by atoms with van der Waals surface area (Å²) in [5, 5.41) is 21.3. The molecule has 0 saturated heterocycles. The van der Waals surface area contributed by atoms with Crippen LogP contribution in [0.5, 0.6) is 0 Å². The van der Waals surface area contributed by atoms with Gasteiger partial charge in [-0.15, -0.1) is 11.3 Å². The Hall–Kier alpha value is -1.86. The van der Waals surface area contributed by atoms with E-state index in [4.69, 9.17) is 5.11 Å². The number of fused-ring (bicyclic) bond motifs is 1. The zero-order chi connectivity index (χ0) is 15.4. The summed E-state index contributed by atoms with van der Waals surface area (Å²) in [4.78, 5) is 13.2. The molecule has 1 aliphatic carbocycles. The summed E-state index contributed by atoms with van der Waals surface area (Å²) in [6.45, 7) is 1.13. The van der Waals surface area contributed by atoms with Crippen molar-refractivity contribution in [1.29, 1.82) is 0 Å². The molecule has 0 bridgehead atoms.